The zero-order chi connectivity index (χ0) is 21.2. The first kappa shape index (κ1) is 23.0. The van der Waals surface area contributed by atoms with Gasteiger partial charge in [-0.05, 0) is 36.0 Å². The molecule has 0 saturated carbocycles. The monoisotopic (exact) mass is 414 g/mol. The lowest BCUT2D eigenvalue weighted by atomic mass is 10.1. The molecule has 29 heavy (non-hydrogen) atoms. The number of amides is 2. The standard InChI is InChI=1S/C24H31ClN2O2/c1-4-22(24(29)26-16-18(2)3)27(17-20-12-8-9-13-21(20)25)23(28)15-14-19-10-6-5-7-11-19/h5-13,18,22H,4,14-17H2,1-3H3,(H,26,29). The first-order valence-electron chi connectivity index (χ1n) is 10.3. The maximum Gasteiger partial charge on any atom is 0.242 e. The molecule has 2 amide bonds. The number of carbonyl (C=O) groups is 2. The Kier molecular flexibility index (Phi) is 9.20. The Labute approximate surface area is 179 Å². The second kappa shape index (κ2) is 11.6. The summed E-state index contributed by atoms with van der Waals surface area (Å²) in [6.07, 6.45) is 1.54. The van der Waals surface area contributed by atoms with Crippen LogP contribution in [0.3, 0.4) is 0 Å². The molecule has 0 spiro atoms. The highest BCUT2D eigenvalue weighted by molar-refractivity contribution is 6.31. The summed E-state index contributed by atoms with van der Waals surface area (Å²) in [5, 5.41) is 3.58. The molecule has 0 fully saturated rings. The lowest BCUT2D eigenvalue weighted by Crippen LogP contribution is -2.49. The van der Waals surface area contributed by atoms with E-state index in [1.54, 1.807) is 4.90 Å². The molecule has 2 rings (SSSR count). The van der Waals surface area contributed by atoms with E-state index in [0.717, 1.165) is 11.1 Å². The molecule has 0 aromatic heterocycles. The lowest BCUT2D eigenvalue weighted by molar-refractivity contribution is -0.141. The highest BCUT2D eigenvalue weighted by Gasteiger charge is 2.28. The van der Waals surface area contributed by atoms with Gasteiger partial charge >= 0.3 is 0 Å². The Morgan fingerprint density at radius 1 is 1.03 bits per heavy atom. The Morgan fingerprint density at radius 2 is 1.69 bits per heavy atom. The predicted octanol–water partition coefficient (Wildman–Crippen LogP) is 4.85. The number of halogens is 1. The molecule has 1 atom stereocenters. The van der Waals surface area contributed by atoms with Gasteiger partial charge in [0.15, 0.2) is 0 Å². The molecule has 0 heterocycles. The zero-order valence-electron chi connectivity index (χ0n) is 17.5. The van der Waals surface area contributed by atoms with Gasteiger partial charge in [-0.1, -0.05) is 80.9 Å². The van der Waals surface area contributed by atoms with Crippen LogP contribution in [0.2, 0.25) is 5.02 Å². The van der Waals surface area contributed by atoms with Crippen LogP contribution in [-0.4, -0.2) is 29.3 Å². The SMILES string of the molecule is CCC(C(=O)NCC(C)C)N(Cc1ccccc1Cl)C(=O)CCc1ccccc1. The quantitative estimate of drug-likeness (QED) is 0.604. The number of hydrogen-bond acceptors (Lipinski definition) is 2. The van der Waals surface area contributed by atoms with Crippen LogP contribution >= 0.6 is 11.6 Å². The molecule has 1 unspecified atom stereocenters. The van der Waals surface area contributed by atoms with Gasteiger partial charge < -0.3 is 10.2 Å². The number of nitrogens with one attached hydrogen (secondary N) is 1. The van der Waals surface area contributed by atoms with Crippen molar-refractivity contribution in [3.8, 4) is 0 Å². The average molecular weight is 415 g/mol. The van der Waals surface area contributed by atoms with E-state index in [1.807, 2.05) is 75.4 Å². The van der Waals surface area contributed by atoms with Crippen LogP contribution in [-0.2, 0) is 22.6 Å². The van der Waals surface area contributed by atoms with Crippen LogP contribution < -0.4 is 5.32 Å². The van der Waals surface area contributed by atoms with Crippen molar-refractivity contribution in [1.29, 1.82) is 0 Å². The minimum absolute atomic E-state index is 0.0414. The first-order chi connectivity index (χ1) is 13.9. The van der Waals surface area contributed by atoms with E-state index >= 15 is 0 Å². The van der Waals surface area contributed by atoms with Gasteiger partial charge in [0.05, 0.1) is 0 Å². The fourth-order valence-electron chi connectivity index (χ4n) is 3.19. The van der Waals surface area contributed by atoms with Crippen LogP contribution in [0.4, 0.5) is 0 Å². The molecular formula is C24H31ClN2O2. The molecule has 0 aliphatic rings. The molecule has 0 aliphatic carbocycles. The van der Waals surface area contributed by atoms with Crippen molar-refractivity contribution in [3.63, 3.8) is 0 Å². The van der Waals surface area contributed by atoms with Crippen LogP contribution in [0.25, 0.3) is 0 Å². The fraction of sp³-hybridized carbons (Fsp3) is 0.417. The van der Waals surface area contributed by atoms with Crippen LogP contribution in [0.5, 0.6) is 0 Å². The minimum Gasteiger partial charge on any atom is -0.354 e. The molecule has 0 radical (unpaired) electrons. The third-order valence-corrected chi connectivity index (χ3v) is 5.21. The van der Waals surface area contributed by atoms with Crippen LogP contribution in [0.1, 0.15) is 44.7 Å². The van der Waals surface area contributed by atoms with Crippen molar-refractivity contribution in [2.75, 3.05) is 6.54 Å². The van der Waals surface area contributed by atoms with Crippen molar-refractivity contribution in [3.05, 3.63) is 70.7 Å². The zero-order valence-corrected chi connectivity index (χ0v) is 18.3. The largest absolute Gasteiger partial charge is 0.354 e. The second-order valence-electron chi connectivity index (χ2n) is 7.66. The Balaban J connectivity index is 2.19. The molecule has 0 saturated heterocycles. The van der Waals surface area contributed by atoms with Gasteiger partial charge in [-0.2, -0.15) is 0 Å². The summed E-state index contributed by atoms with van der Waals surface area (Å²) in [7, 11) is 0. The molecule has 0 bridgehead atoms. The lowest BCUT2D eigenvalue weighted by Gasteiger charge is -2.31. The van der Waals surface area contributed by atoms with Crippen molar-refractivity contribution < 1.29 is 9.59 Å². The Morgan fingerprint density at radius 3 is 2.31 bits per heavy atom. The van der Waals surface area contributed by atoms with Gasteiger partial charge in [0.1, 0.15) is 6.04 Å². The molecule has 4 nitrogen and oxygen atoms in total. The van der Waals surface area contributed by atoms with Gasteiger partial charge in [-0.3, -0.25) is 9.59 Å². The first-order valence-corrected chi connectivity index (χ1v) is 10.6. The van der Waals surface area contributed by atoms with E-state index < -0.39 is 6.04 Å². The van der Waals surface area contributed by atoms with Crippen molar-refractivity contribution in [1.82, 2.24) is 10.2 Å². The molecule has 2 aromatic carbocycles. The normalized spacial score (nSPS) is 11.9. The Bertz CT molecular complexity index is 792. The van der Waals surface area contributed by atoms with Crippen molar-refractivity contribution in [2.45, 2.75) is 52.6 Å². The smallest absolute Gasteiger partial charge is 0.242 e. The molecule has 2 aromatic rings. The van der Waals surface area contributed by atoms with E-state index in [9.17, 15) is 9.59 Å². The van der Waals surface area contributed by atoms with Crippen LogP contribution in [0, 0.1) is 5.92 Å². The summed E-state index contributed by atoms with van der Waals surface area (Å²) >= 11 is 6.34. The van der Waals surface area contributed by atoms with Gasteiger partial charge in [0, 0.05) is 24.5 Å². The number of rotatable bonds is 10. The molecule has 0 aliphatic heterocycles. The van der Waals surface area contributed by atoms with Crippen molar-refractivity contribution in [2.24, 2.45) is 5.92 Å². The summed E-state index contributed by atoms with van der Waals surface area (Å²) in [6.45, 7) is 6.94. The van der Waals surface area contributed by atoms with E-state index in [4.69, 9.17) is 11.6 Å². The van der Waals surface area contributed by atoms with E-state index in [2.05, 4.69) is 5.32 Å². The summed E-state index contributed by atoms with van der Waals surface area (Å²) < 4.78 is 0. The average Bonchev–Trinajstić information content (AvgIpc) is 2.72. The molecule has 1 N–H and O–H groups in total. The molecular weight excluding hydrogens is 384 g/mol. The van der Waals surface area contributed by atoms with Gasteiger partial charge in [0.25, 0.3) is 0 Å². The molecule has 5 heteroatoms. The summed E-state index contributed by atoms with van der Waals surface area (Å²) in [4.78, 5) is 27.7. The number of carbonyl (C=O) groups excluding carboxylic acids is 2. The van der Waals surface area contributed by atoms with Gasteiger partial charge in [-0.25, -0.2) is 0 Å². The van der Waals surface area contributed by atoms with Crippen molar-refractivity contribution >= 4 is 23.4 Å². The van der Waals surface area contributed by atoms with E-state index in [-0.39, 0.29) is 11.8 Å². The highest BCUT2D eigenvalue weighted by Crippen LogP contribution is 2.20. The maximum atomic E-state index is 13.2. The predicted molar refractivity (Wildman–Crippen MR) is 119 cm³/mol. The maximum absolute atomic E-state index is 13.2. The molecule has 156 valence electrons. The number of aryl methyl sites for hydroxylation is 1. The number of benzene rings is 2. The van der Waals surface area contributed by atoms with Crippen LogP contribution in [0.15, 0.2) is 54.6 Å². The van der Waals surface area contributed by atoms with E-state index in [0.29, 0.717) is 43.3 Å². The third kappa shape index (κ3) is 7.21. The second-order valence-corrected chi connectivity index (χ2v) is 8.07. The topological polar surface area (TPSA) is 49.4 Å². The van der Waals surface area contributed by atoms with E-state index in [1.165, 1.54) is 0 Å². The third-order valence-electron chi connectivity index (χ3n) is 4.84. The number of nitrogens with zero attached hydrogens (tertiary/aromatic N) is 1. The minimum atomic E-state index is -0.520. The highest BCUT2D eigenvalue weighted by atomic mass is 35.5. The fourth-order valence-corrected chi connectivity index (χ4v) is 3.39. The van der Waals surface area contributed by atoms with Gasteiger partial charge in [-0.15, -0.1) is 0 Å². The van der Waals surface area contributed by atoms with Gasteiger partial charge in [0.2, 0.25) is 11.8 Å². The summed E-state index contributed by atoms with van der Waals surface area (Å²) in [5.74, 6) is 0.198. The summed E-state index contributed by atoms with van der Waals surface area (Å²) in [5.41, 5.74) is 1.95. The summed E-state index contributed by atoms with van der Waals surface area (Å²) in [6, 6.07) is 16.9. The Hall–Kier alpha value is -2.33. The number of hydrogen-bond donors (Lipinski definition) is 1.